The third-order valence-electron chi connectivity index (χ3n) is 4.94. The molecular formula is C22H25ClFN3O2S. The second kappa shape index (κ2) is 10.2. The van der Waals surface area contributed by atoms with E-state index in [4.69, 9.17) is 16.3 Å². The van der Waals surface area contributed by atoms with Gasteiger partial charge in [0, 0.05) is 13.1 Å². The van der Waals surface area contributed by atoms with Crippen molar-refractivity contribution in [2.24, 2.45) is 0 Å². The molecule has 1 heterocycles. The predicted octanol–water partition coefficient (Wildman–Crippen LogP) is 5.15. The Hall–Kier alpha value is -2.22. The molecule has 0 atom stereocenters. The number of aromatic nitrogens is 1. The summed E-state index contributed by atoms with van der Waals surface area (Å²) in [7, 11) is 0. The molecule has 3 rings (SSSR count). The number of rotatable bonds is 9. The largest absolute Gasteiger partial charge is 0.481 e. The van der Waals surface area contributed by atoms with E-state index < -0.39 is 5.82 Å². The van der Waals surface area contributed by atoms with Gasteiger partial charge < -0.3 is 9.64 Å². The number of carbonyl (C=O) groups excluding carboxylic acids is 1. The Morgan fingerprint density at radius 1 is 1.17 bits per heavy atom. The van der Waals surface area contributed by atoms with Crippen molar-refractivity contribution in [3.8, 4) is 5.75 Å². The lowest BCUT2D eigenvalue weighted by molar-refractivity contribution is -0.120. The smallest absolute Gasteiger partial charge is 0.266 e. The van der Waals surface area contributed by atoms with Crippen LogP contribution in [-0.2, 0) is 4.79 Å². The van der Waals surface area contributed by atoms with Crippen LogP contribution in [0, 0.1) is 12.7 Å². The lowest BCUT2D eigenvalue weighted by atomic mass is 10.2. The molecule has 0 aliphatic carbocycles. The molecule has 5 nitrogen and oxygen atoms in total. The van der Waals surface area contributed by atoms with Crippen LogP contribution in [0.3, 0.4) is 0 Å². The summed E-state index contributed by atoms with van der Waals surface area (Å²) in [4.78, 5) is 21.6. The number of ether oxygens (including phenoxy) is 1. The molecule has 0 unspecified atom stereocenters. The summed E-state index contributed by atoms with van der Waals surface area (Å²) in [5.41, 5.74) is 1.79. The van der Waals surface area contributed by atoms with E-state index in [2.05, 4.69) is 23.7 Å². The van der Waals surface area contributed by atoms with Gasteiger partial charge in [0.15, 0.2) is 23.3 Å². The molecule has 0 aliphatic heterocycles. The van der Waals surface area contributed by atoms with Crippen LogP contribution in [0.4, 0.5) is 9.52 Å². The number of benzene rings is 2. The van der Waals surface area contributed by atoms with Gasteiger partial charge in [0.2, 0.25) is 0 Å². The molecule has 1 aromatic heterocycles. The SMILES string of the molecule is CCN(CC)CCN(C(=O)COc1ccccc1F)c1nc2c(C)ccc(Cl)c2s1. The molecule has 1 amide bonds. The Morgan fingerprint density at radius 2 is 1.90 bits per heavy atom. The predicted molar refractivity (Wildman–Crippen MR) is 121 cm³/mol. The molecule has 30 heavy (non-hydrogen) atoms. The number of halogens is 2. The van der Waals surface area contributed by atoms with Crippen molar-refractivity contribution in [1.29, 1.82) is 0 Å². The number of aryl methyl sites for hydroxylation is 1. The van der Waals surface area contributed by atoms with Crippen molar-refractivity contribution in [2.45, 2.75) is 20.8 Å². The van der Waals surface area contributed by atoms with Crippen LogP contribution < -0.4 is 9.64 Å². The molecule has 0 N–H and O–H groups in total. The zero-order valence-electron chi connectivity index (χ0n) is 17.3. The van der Waals surface area contributed by atoms with E-state index in [9.17, 15) is 9.18 Å². The van der Waals surface area contributed by atoms with Crippen molar-refractivity contribution < 1.29 is 13.9 Å². The summed E-state index contributed by atoms with van der Waals surface area (Å²) in [5.74, 6) is -0.724. The minimum Gasteiger partial charge on any atom is -0.481 e. The van der Waals surface area contributed by atoms with Crippen molar-refractivity contribution in [2.75, 3.05) is 37.7 Å². The number of anilines is 1. The Labute approximate surface area is 185 Å². The maximum atomic E-state index is 13.9. The van der Waals surface area contributed by atoms with Gasteiger partial charge >= 0.3 is 0 Å². The number of nitrogens with zero attached hydrogens (tertiary/aromatic N) is 3. The molecule has 0 radical (unpaired) electrons. The van der Waals surface area contributed by atoms with Crippen LogP contribution in [0.25, 0.3) is 10.2 Å². The first-order valence-corrected chi connectivity index (χ1v) is 11.1. The number of hydrogen-bond donors (Lipinski definition) is 0. The summed E-state index contributed by atoms with van der Waals surface area (Å²) in [6.45, 7) is 8.77. The van der Waals surface area contributed by atoms with Crippen LogP contribution in [0.2, 0.25) is 5.02 Å². The fraction of sp³-hybridized carbons (Fsp3) is 0.364. The summed E-state index contributed by atoms with van der Waals surface area (Å²) < 4.78 is 20.2. The minimum absolute atomic E-state index is 0.0535. The van der Waals surface area contributed by atoms with E-state index in [1.807, 2.05) is 19.1 Å². The molecular weight excluding hydrogens is 425 g/mol. The second-order valence-corrected chi connectivity index (χ2v) is 8.21. The summed E-state index contributed by atoms with van der Waals surface area (Å²) in [6, 6.07) is 9.80. The average Bonchev–Trinajstić information content (AvgIpc) is 3.20. The van der Waals surface area contributed by atoms with E-state index in [0.29, 0.717) is 23.2 Å². The molecule has 160 valence electrons. The molecule has 0 fully saturated rings. The summed E-state index contributed by atoms with van der Waals surface area (Å²) in [6.07, 6.45) is 0. The highest BCUT2D eigenvalue weighted by Crippen LogP contribution is 2.35. The zero-order chi connectivity index (χ0) is 21.7. The van der Waals surface area contributed by atoms with Crippen LogP contribution in [0.1, 0.15) is 19.4 Å². The normalized spacial score (nSPS) is 11.3. The molecule has 8 heteroatoms. The average molecular weight is 450 g/mol. The van der Waals surface area contributed by atoms with Crippen molar-refractivity contribution in [1.82, 2.24) is 9.88 Å². The molecule has 0 aliphatic rings. The van der Waals surface area contributed by atoms with Crippen LogP contribution in [-0.4, -0.2) is 48.6 Å². The molecule has 0 bridgehead atoms. The standard InChI is InChI=1S/C22H25ClFN3O2S/c1-4-26(5-2)12-13-27(19(28)14-29-18-9-7-6-8-17(18)24)22-25-20-15(3)10-11-16(23)21(20)30-22/h6-11H,4-5,12-14H2,1-3H3. The first kappa shape index (κ1) is 22.5. The van der Waals surface area contributed by atoms with Gasteiger partial charge in [0.05, 0.1) is 15.2 Å². The van der Waals surface area contributed by atoms with Crippen LogP contribution in [0.5, 0.6) is 5.75 Å². The van der Waals surface area contributed by atoms with Gasteiger partial charge in [-0.2, -0.15) is 0 Å². The highest BCUT2D eigenvalue weighted by atomic mass is 35.5. The lowest BCUT2D eigenvalue weighted by Crippen LogP contribution is -2.41. The maximum Gasteiger partial charge on any atom is 0.266 e. The number of likely N-dealkylation sites (N-methyl/N-ethyl adjacent to an activating group) is 1. The number of fused-ring (bicyclic) bond motifs is 1. The molecule has 2 aromatic carbocycles. The van der Waals surface area contributed by atoms with Crippen molar-refractivity contribution in [3.05, 3.63) is 52.8 Å². The van der Waals surface area contributed by atoms with Gasteiger partial charge in [-0.05, 0) is 43.8 Å². The van der Waals surface area contributed by atoms with Crippen LogP contribution >= 0.6 is 22.9 Å². The lowest BCUT2D eigenvalue weighted by Gasteiger charge is -2.24. The quantitative estimate of drug-likeness (QED) is 0.453. The molecule has 3 aromatic rings. The first-order chi connectivity index (χ1) is 14.4. The highest BCUT2D eigenvalue weighted by Gasteiger charge is 2.22. The topological polar surface area (TPSA) is 45.7 Å². The number of amides is 1. The summed E-state index contributed by atoms with van der Waals surface area (Å²) in [5, 5.41) is 1.17. The Balaban J connectivity index is 1.86. The van der Waals surface area contributed by atoms with E-state index in [1.54, 1.807) is 17.0 Å². The number of hydrogen-bond acceptors (Lipinski definition) is 5. The first-order valence-electron chi connectivity index (χ1n) is 9.90. The van der Waals surface area contributed by atoms with Gasteiger partial charge in [-0.3, -0.25) is 9.69 Å². The molecule has 0 saturated carbocycles. The fourth-order valence-corrected chi connectivity index (χ4v) is 4.45. The Bertz CT molecular complexity index is 984. The zero-order valence-corrected chi connectivity index (χ0v) is 18.9. The van der Waals surface area contributed by atoms with Crippen molar-refractivity contribution >= 4 is 44.2 Å². The van der Waals surface area contributed by atoms with Gasteiger partial charge in [-0.15, -0.1) is 0 Å². The van der Waals surface area contributed by atoms with E-state index >= 15 is 0 Å². The monoisotopic (exact) mass is 449 g/mol. The Kier molecular flexibility index (Phi) is 7.64. The van der Waals surface area contributed by atoms with E-state index in [0.717, 1.165) is 28.9 Å². The fourth-order valence-electron chi connectivity index (χ4n) is 3.09. The highest BCUT2D eigenvalue weighted by molar-refractivity contribution is 7.23. The third-order valence-corrected chi connectivity index (χ3v) is 6.48. The van der Waals surface area contributed by atoms with Crippen LogP contribution in [0.15, 0.2) is 36.4 Å². The van der Waals surface area contributed by atoms with Crippen molar-refractivity contribution in [3.63, 3.8) is 0 Å². The van der Waals surface area contributed by atoms with Gasteiger partial charge in [0.25, 0.3) is 5.91 Å². The molecule has 0 saturated heterocycles. The van der Waals surface area contributed by atoms with Gasteiger partial charge in [-0.25, -0.2) is 9.37 Å². The Morgan fingerprint density at radius 3 is 2.57 bits per heavy atom. The van der Waals surface area contributed by atoms with E-state index in [-0.39, 0.29) is 18.3 Å². The third kappa shape index (κ3) is 5.09. The second-order valence-electron chi connectivity index (χ2n) is 6.83. The summed E-state index contributed by atoms with van der Waals surface area (Å²) >= 11 is 7.73. The van der Waals surface area contributed by atoms with Gasteiger partial charge in [-0.1, -0.05) is 55.0 Å². The van der Waals surface area contributed by atoms with Gasteiger partial charge in [0.1, 0.15) is 0 Å². The minimum atomic E-state index is -0.498. The number of carbonyl (C=O) groups is 1. The maximum absolute atomic E-state index is 13.9. The molecule has 0 spiro atoms. The number of para-hydroxylation sites is 1. The van der Waals surface area contributed by atoms with E-state index in [1.165, 1.54) is 23.5 Å². The number of thiazole rings is 1.